The minimum atomic E-state index is -0.607. The molecule has 1 aromatic carbocycles. The topological polar surface area (TPSA) is 52.6 Å². The molecule has 0 aliphatic carbocycles. The third-order valence-corrected chi connectivity index (χ3v) is 3.14. The quantitative estimate of drug-likeness (QED) is 0.801. The van der Waals surface area contributed by atoms with E-state index in [1.54, 1.807) is 6.07 Å². The lowest BCUT2D eigenvalue weighted by molar-refractivity contribution is 0.0746. The Morgan fingerprint density at radius 2 is 2.10 bits per heavy atom. The molecule has 0 saturated carbocycles. The summed E-state index contributed by atoms with van der Waals surface area (Å²) in [5.41, 5.74) is 3.16. The number of halogens is 1. The maximum absolute atomic E-state index is 13.9. The van der Waals surface area contributed by atoms with Gasteiger partial charge in [0, 0.05) is 18.7 Å². The molecule has 20 heavy (non-hydrogen) atoms. The summed E-state index contributed by atoms with van der Waals surface area (Å²) in [7, 11) is 0. The highest BCUT2D eigenvalue weighted by Gasteiger charge is 2.16. The van der Waals surface area contributed by atoms with E-state index >= 15 is 0 Å². The van der Waals surface area contributed by atoms with Gasteiger partial charge >= 0.3 is 0 Å². The zero-order valence-electron chi connectivity index (χ0n) is 11.2. The number of carbonyl (C=O) groups excluding carboxylic acids is 1. The van der Waals surface area contributed by atoms with Crippen LogP contribution in [0.25, 0.3) is 0 Å². The molecule has 1 amide bonds. The Morgan fingerprint density at radius 3 is 2.75 bits per heavy atom. The average molecular weight is 276 g/mol. The van der Waals surface area contributed by atoms with Crippen molar-refractivity contribution < 1.29 is 14.3 Å². The van der Waals surface area contributed by atoms with Crippen molar-refractivity contribution in [3.63, 3.8) is 0 Å². The van der Waals surface area contributed by atoms with Crippen LogP contribution in [-0.2, 0) is 0 Å². The van der Waals surface area contributed by atoms with Gasteiger partial charge in [-0.1, -0.05) is 18.3 Å². The van der Waals surface area contributed by atoms with Gasteiger partial charge in [0.05, 0.1) is 5.56 Å². The number of aliphatic hydroxyl groups excluding tert-OH is 1. The molecule has 0 spiro atoms. The first-order valence-corrected chi connectivity index (χ1v) is 6.66. The summed E-state index contributed by atoms with van der Waals surface area (Å²) in [6.07, 6.45) is 3.25. The van der Waals surface area contributed by atoms with E-state index in [1.807, 2.05) is 5.01 Å². The largest absolute Gasteiger partial charge is 0.384 e. The van der Waals surface area contributed by atoms with Crippen LogP contribution in [-0.4, -0.2) is 35.7 Å². The number of nitrogens with zero attached hydrogens (tertiary/aromatic N) is 1. The monoisotopic (exact) mass is 276 g/mol. The van der Waals surface area contributed by atoms with Crippen LogP contribution in [0.1, 0.15) is 35.2 Å². The lowest BCUT2D eigenvalue weighted by atomic mass is 10.1. The molecular weight excluding hydrogens is 259 g/mol. The van der Waals surface area contributed by atoms with E-state index in [0.717, 1.165) is 25.9 Å². The average Bonchev–Trinajstić information content (AvgIpc) is 2.46. The Kier molecular flexibility index (Phi) is 5.10. The minimum absolute atomic E-state index is 0.00474. The second-order valence-corrected chi connectivity index (χ2v) is 4.64. The number of amides is 1. The first kappa shape index (κ1) is 14.5. The van der Waals surface area contributed by atoms with Crippen molar-refractivity contribution in [3.8, 4) is 11.8 Å². The molecule has 1 aliphatic heterocycles. The Bertz CT molecular complexity index is 543. The van der Waals surface area contributed by atoms with Crippen molar-refractivity contribution in [2.24, 2.45) is 0 Å². The molecule has 0 radical (unpaired) electrons. The normalized spacial score (nSPS) is 15.3. The van der Waals surface area contributed by atoms with E-state index in [1.165, 1.54) is 18.6 Å². The van der Waals surface area contributed by atoms with Gasteiger partial charge in [0.1, 0.15) is 12.4 Å². The molecule has 0 bridgehead atoms. The number of carbonyl (C=O) groups is 1. The standard InChI is InChI=1S/C15H17FN2O2/c16-14-11-12(5-4-10-19)6-7-13(14)15(20)17-18-8-2-1-3-9-18/h6-7,11,19H,1-3,8-10H2,(H,17,20). The molecule has 1 fully saturated rings. The summed E-state index contributed by atoms with van der Waals surface area (Å²) in [6, 6.07) is 4.18. The van der Waals surface area contributed by atoms with Gasteiger partial charge in [-0.2, -0.15) is 0 Å². The predicted octanol–water partition coefficient (Wildman–Crippen LogP) is 1.30. The molecule has 1 aliphatic rings. The van der Waals surface area contributed by atoms with Gasteiger partial charge in [-0.15, -0.1) is 0 Å². The lowest BCUT2D eigenvalue weighted by Gasteiger charge is -2.26. The van der Waals surface area contributed by atoms with Crippen LogP contribution in [0.5, 0.6) is 0 Å². The van der Waals surface area contributed by atoms with Crippen molar-refractivity contribution in [3.05, 3.63) is 35.1 Å². The summed E-state index contributed by atoms with van der Waals surface area (Å²) >= 11 is 0. The zero-order valence-corrected chi connectivity index (χ0v) is 11.2. The van der Waals surface area contributed by atoms with Crippen LogP contribution in [0.4, 0.5) is 4.39 Å². The Hall–Kier alpha value is -1.90. The van der Waals surface area contributed by atoms with E-state index in [4.69, 9.17) is 5.11 Å². The first-order valence-electron chi connectivity index (χ1n) is 6.66. The Balaban J connectivity index is 2.05. The number of benzene rings is 1. The van der Waals surface area contributed by atoms with Crippen LogP contribution in [0.15, 0.2) is 18.2 Å². The van der Waals surface area contributed by atoms with Gasteiger partial charge < -0.3 is 5.11 Å². The number of hydrazine groups is 1. The maximum atomic E-state index is 13.9. The van der Waals surface area contributed by atoms with Crippen LogP contribution in [0.2, 0.25) is 0 Å². The molecule has 4 nitrogen and oxygen atoms in total. The fourth-order valence-corrected chi connectivity index (χ4v) is 2.13. The van der Waals surface area contributed by atoms with E-state index in [-0.39, 0.29) is 12.2 Å². The van der Waals surface area contributed by atoms with Gasteiger partial charge in [-0.05, 0) is 31.0 Å². The predicted molar refractivity (Wildman–Crippen MR) is 73.3 cm³/mol. The molecule has 1 heterocycles. The van der Waals surface area contributed by atoms with E-state index in [9.17, 15) is 9.18 Å². The molecule has 0 unspecified atom stereocenters. The summed E-state index contributed by atoms with van der Waals surface area (Å²) < 4.78 is 13.9. The molecule has 0 atom stereocenters. The highest BCUT2D eigenvalue weighted by Crippen LogP contribution is 2.11. The van der Waals surface area contributed by atoms with Crippen LogP contribution >= 0.6 is 0 Å². The van der Waals surface area contributed by atoms with Crippen LogP contribution < -0.4 is 5.43 Å². The zero-order chi connectivity index (χ0) is 14.4. The molecule has 2 rings (SSSR count). The molecule has 1 saturated heterocycles. The number of piperidine rings is 1. The fraction of sp³-hybridized carbons (Fsp3) is 0.400. The van der Waals surface area contributed by atoms with Crippen molar-refractivity contribution in [1.29, 1.82) is 0 Å². The third kappa shape index (κ3) is 3.80. The number of hydrogen-bond acceptors (Lipinski definition) is 3. The second kappa shape index (κ2) is 7.04. The molecule has 1 aromatic rings. The smallest absolute Gasteiger partial charge is 0.268 e. The molecule has 2 N–H and O–H groups in total. The van der Waals surface area contributed by atoms with Gasteiger partial charge in [-0.3, -0.25) is 10.2 Å². The minimum Gasteiger partial charge on any atom is -0.384 e. The number of aliphatic hydroxyl groups is 1. The summed E-state index contributed by atoms with van der Waals surface area (Å²) in [5, 5.41) is 10.4. The molecular formula is C15H17FN2O2. The SMILES string of the molecule is O=C(NN1CCCCC1)c1ccc(C#CCO)cc1F. The number of rotatable bonds is 2. The summed E-state index contributed by atoms with van der Waals surface area (Å²) in [5.74, 6) is 3.99. The van der Waals surface area contributed by atoms with E-state index < -0.39 is 11.7 Å². The second-order valence-electron chi connectivity index (χ2n) is 4.64. The van der Waals surface area contributed by atoms with Crippen molar-refractivity contribution >= 4 is 5.91 Å². The Morgan fingerprint density at radius 1 is 1.35 bits per heavy atom. The molecule has 0 aromatic heterocycles. The van der Waals surface area contributed by atoms with Crippen LogP contribution in [0.3, 0.4) is 0 Å². The van der Waals surface area contributed by atoms with Gasteiger partial charge in [0.15, 0.2) is 0 Å². The van der Waals surface area contributed by atoms with Gasteiger partial charge in [-0.25, -0.2) is 9.40 Å². The van der Waals surface area contributed by atoms with Crippen molar-refractivity contribution in [2.75, 3.05) is 19.7 Å². The fourth-order valence-electron chi connectivity index (χ4n) is 2.13. The van der Waals surface area contributed by atoms with E-state index in [2.05, 4.69) is 17.3 Å². The highest BCUT2D eigenvalue weighted by molar-refractivity contribution is 5.94. The Labute approximate surface area is 117 Å². The number of nitrogens with one attached hydrogen (secondary N) is 1. The first-order chi connectivity index (χ1) is 9.70. The van der Waals surface area contributed by atoms with Gasteiger partial charge in [0.2, 0.25) is 0 Å². The van der Waals surface area contributed by atoms with Crippen molar-refractivity contribution in [1.82, 2.24) is 10.4 Å². The van der Waals surface area contributed by atoms with Crippen molar-refractivity contribution in [2.45, 2.75) is 19.3 Å². The highest BCUT2D eigenvalue weighted by atomic mass is 19.1. The number of hydrogen-bond donors (Lipinski definition) is 2. The summed E-state index contributed by atoms with van der Waals surface area (Å²) in [6.45, 7) is 1.32. The maximum Gasteiger partial charge on any atom is 0.268 e. The molecule has 5 heteroatoms. The third-order valence-electron chi connectivity index (χ3n) is 3.14. The van der Waals surface area contributed by atoms with E-state index in [0.29, 0.717) is 5.56 Å². The van der Waals surface area contributed by atoms with Crippen LogP contribution in [0, 0.1) is 17.7 Å². The summed E-state index contributed by atoms with van der Waals surface area (Å²) in [4.78, 5) is 12.0. The lowest BCUT2D eigenvalue weighted by Crippen LogP contribution is -2.45. The van der Waals surface area contributed by atoms with Gasteiger partial charge in [0.25, 0.3) is 5.91 Å². The molecule has 106 valence electrons.